The number of methoxy groups -OCH3 is 1. The van der Waals surface area contributed by atoms with Crippen molar-refractivity contribution in [3.05, 3.63) is 59.7 Å². The molecule has 1 heterocycles. The number of hydrogen-bond acceptors (Lipinski definition) is 6. The minimum Gasteiger partial charge on any atom is -0.493 e. The lowest BCUT2D eigenvalue weighted by molar-refractivity contribution is 0.104. The number of benzene rings is 2. The SMILES string of the molecule is CCCOc1ccc(/C=C/C(=O)c2ccc(NC3=NCCCS3)cc2)cc1OC. The molecule has 1 aliphatic rings. The highest BCUT2D eigenvalue weighted by Gasteiger charge is 2.08. The summed E-state index contributed by atoms with van der Waals surface area (Å²) in [4.78, 5) is 16.9. The Morgan fingerprint density at radius 1 is 1.21 bits per heavy atom. The summed E-state index contributed by atoms with van der Waals surface area (Å²) in [5.74, 6) is 2.41. The van der Waals surface area contributed by atoms with Crippen molar-refractivity contribution in [2.24, 2.45) is 4.99 Å². The average molecular weight is 411 g/mol. The number of aliphatic imine (C=N–C) groups is 1. The molecule has 1 aliphatic heterocycles. The van der Waals surface area contributed by atoms with Crippen LogP contribution >= 0.6 is 11.8 Å². The van der Waals surface area contributed by atoms with Crippen molar-refractivity contribution in [2.75, 3.05) is 31.3 Å². The van der Waals surface area contributed by atoms with Gasteiger partial charge in [0.05, 0.1) is 13.7 Å². The molecule has 6 heteroatoms. The average Bonchev–Trinajstić information content (AvgIpc) is 2.77. The first-order valence-electron chi connectivity index (χ1n) is 9.77. The van der Waals surface area contributed by atoms with Crippen LogP contribution in [0.5, 0.6) is 11.5 Å². The van der Waals surface area contributed by atoms with Crippen molar-refractivity contribution < 1.29 is 14.3 Å². The van der Waals surface area contributed by atoms with Gasteiger partial charge in [-0.25, -0.2) is 0 Å². The molecule has 0 radical (unpaired) electrons. The highest BCUT2D eigenvalue weighted by atomic mass is 32.2. The number of hydrogen-bond donors (Lipinski definition) is 1. The fourth-order valence-corrected chi connectivity index (χ4v) is 3.60. The number of carbonyl (C=O) groups is 1. The van der Waals surface area contributed by atoms with E-state index in [1.807, 2.05) is 42.5 Å². The second-order valence-electron chi connectivity index (χ2n) is 6.55. The predicted octanol–water partition coefficient (Wildman–Crippen LogP) is 5.28. The van der Waals surface area contributed by atoms with Gasteiger partial charge in [-0.2, -0.15) is 0 Å². The van der Waals surface area contributed by atoms with Gasteiger partial charge in [0.15, 0.2) is 22.4 Å². The lowest BCUT2D eigenvalue weighted by Gasteiger charge is -2.13. The van der Waals surface area contributed by atoms with Crippen LogP contribution < -0.4 is 14.8 Å². The molecule has 0 aromatic heterocycles. The van der Waals surface area contributed by atoms with Crippen LogP contribution in [0.25, 0.3) is 6.08 Å². The molecule has 152 valence electrons. The van der Waals surface area contributed by atoms with Gasteiger partial charge in [0.1, 0.15) is 0 Å². The van der Waals surface area contributed by atoms with E-state index in [1.54, 1.807) is 31.0 Å². The van der Waals surface area contributed by atoms with Crippen LogP contribution in [-0.2, 0) is 0 Å². The van der Waals surface area contributed by atoms with Crippen LogP contribution in [0.2, 0.25) is 0 Å². The van der Waals surface area contributed by atoms with Gasteiger partial charge in [-0.15, -0.1) is 0 Å². The molecule has 0 saturated carbocycles. The van der Waals surface area contributed by atoms with Crippen molar-refractivity contribution in [2.45, 2.75) is 19.8 Å². The Bertz CT molecular complexity index is 891. The van der Waals surface area contributed by atoms with E-state index >= 15 is 0 Å². The van der Waals surface area contributed by atoms with Crippen LogP contribution in [0, 0.1) is 0 Å². The van der Waals surface area contributed by atoms with Crippen molar-refractivity contribution in [3.8, 4) is 11.5 Å². The molecule has 0 amide bonds. The third-order valence-electron chi connectivity index (χ3n) is 4.29. The molecule has 1 N–H and O–H groups in total. The molecule has 0 fully saturated rings. The number of allylic oxidation sites excluding steroid dienone is 1. The maximum atomic E-state index is 12.5. The van der Waals surface area contributed by atoms with Crippen LogP contribution in [0.3, 0.4) is 0 Å². The zero-order chi connectivity index (χ0) is 20.5. The summed E-state index contributed by atoms with van der Waals surface area (Å²) >= 11 is 1.72. The molecular formula is C23H26N2O3S. The van der Waals surface area contributed by atoms with Crippen LogP contribution in [0.15, 0.2) is 53.5 Å². The maximum absolute atomic E-state index is 12.5. The third kappa shape index (κ3) is 6.12. The Hall–Kier alpha value is -2.73. The fraction of sp³-hybridized carbons (Fsp3) is 0.304. The largest absolute Gasteiger partial charge is 0.493 e. The van der Waals surface area contributed by atoms with Crippen molar-refractivity contribution >= 4 is 34.5 Å². The van der Waals surface area contributed by atoms with Gasteiger partial charge in [0.2, 0.25) is 0 Å². The molecule has 0 bridgehead atoms. The Balaban J connectivity index is 1.63. The number of ether oxygens (including phenoxy) is 2. The van der Waals surface area contributed by atoms with Crippen LogP contribution in [-0.4, -0.2) is 37.0 Å². The summed E-state index contributed by atoms with van der Waals surface area (Å²) in [6.45, 7) is 3.56. The molecule has 0 aliphatic carbocycles. The monoisotopic (exact) mass is 410 g/mol. The number of nitrogens with zero attached hydrogens (tertiary/aromatic N) is 1. The van der Waals surface area contributed by atoms with Gasteiger partial charge < -0.3 is 14.8 Å². The van der Waals surface area contributed by atoms with Gasteiger partial charge in [-0.05, 0) is 60.9 Å². The van der Waals surface area contributed by atoms with Gasteiger partial charge in [0, 0.05) is 23.5 Å². The molecule has 0 saturated heterocycles. The molecule has 0 unspecified atom stereocenters. The molecule has 0 spiro atoms. The Morgan fingerprint density at radius 3 is 2.72 bits per heavy atom. The van der Waals surface area contributed by atoms with Gasteiger partial charge >= 0.3 is 0 Å². The summed E-state index contributed by atoms with van der Waals surface area (Å²) < 4.78 is 11.0. The first-order chi connectivity index (χ1) is 14.2. The predicted molar refractivity (Wildman–Crippen MR) is 122 cm³/mol. The Kier molecular flexibility index (Phi) is 7.76. The van der Waals surface area contributed by atoms with E-state index in [1.165, 1.54) is 0 Å². The van der Waals surface area contributed by atoms with Crippen LogP contribution in [0.1, 0.15) is 35.7 Å². The number of rotatable bonds is 8. The highest BCUT2D eigenvalue weighted by molar-refractivity contribution is 8.14. The van der Waals surface area contributed by atoms with E-state index in [4.69, 9.17) is 9.47 Å². The fourth-order valence-electron chi connectivity index (χ4n) is 2.76. The van der Waals surface area contributed by atoms with E-state index in [0.29, 0.717) is 23.7 Å². The molecule has 2 aromatic carbocycles. The van der Waals surface area contributed by atoms with E-state index in [-0.39, 0.29) is 5.78 Å². The molecule has 0 atom stereocenters. The van der Waals surface area contributed by atoms with Crippen molar-refractivity contribution in [1.29, 1.82) is 0 Å². The van der Waals surface area contributed by atoms with E-state index < -0.39 is 0 Å². The third-order valence-corrected chi connectivity index (χ3v) is 5.29. The number of carbonyl (C=O) groups excluding carboxylic acids is 1. The first kappa shape index (κ1) is 21.0. The number of amidine groups is 1. The standard InChI is InChI=1S/C23H26N2O3S/c1-3-14-28-21-12-6-17(16-22(21)27-2)5-11-20(26)18-7-9-19(10-8-18)25-23-24-13-4-15-29-23/h5-12,16H,3-4,13-15H2,1-2H3,(H,24,25)/b11-5+. The Morgan fingerprint density at radius 2 is 2.03 bits per heavy atom. The van der Waals surface area contributed by atoms with Gasteiger partial charge in [-0.3, -0.25) is 9.79 Å². The zero-order valence-electron chi connectivity index (χ0n) is 16.8. The Labute approximate surface area is 176 Å². The second-order valence-corrected chi connectivity index (χ2v) is 7.63. The minimum atomic E-state index is -0.0498. The van der Waals surface area contributed by atoms with Gasteiger partial charge in [-0.1, -0.05) is 30.8 Å². The normalized spacial score (nSPS) is 13.8. The summed E-state index contributed by atoms with van der Waals surface area (Å²) in [6.07, 6.45) is 5.41. The van der Waals surface area contributed by atoms with Crippen molar-refractivity contribution in [3.63, 3.8) is 0 Å². The van der Waals surface area contributed by atoms with E-state index in [0.717, 1.165) is 41.6 Å². The highest BCUT2D eigenvalue weighted by Crippen LogP contribution is 2.28. The molecule has 29 heavy (non-hydrogen) atoms. The molecular weight excluding hydrogens is 384 g/mol. The van der Waals surface area contributed by atoms with E-state index in [2.05, 4.69) is 17.2 Å². The smallest absolute Gasteiger partial charge is 0.185 e. The zero-order valence-corrected chi connectivity index (χ0v) is 17.6. The maximum Gasteiger partial charge on any atom is 0.185 e. The topological polar surface area (TPSA) is 59.9 Å². The number of anilines is 1. The van der Waals surface area contributed by atoms with Gasteiger partial charge in [0.25, 0.3) is 0 Å². The molecule has 5 nitrogen and oxygen atoms in total. The van der Waals surface area contributed by atoms with Crippen molar-refractivity contribution in [1.82, 2.24) is 0 Å². The summed E-state index contributed by atoms with van der Waals surface area (Å²) in [7, 11) is 1.61. The molecule has 2 aromatic rings. The summed E-state index contributed by atoms with van der Waals surface area (Å²) in [5, 5.41) is 4.24. The lowest BCUT2D eigenvalue weighted by Crippen LogP contribution is -2.13. The number of thioether (sulfide) groups is 1. The summed E-state index contributed by atoms with van der Waals surface area (Å²) in [5.41, 5.74) is 2.45. The second kappa shape index (κ2) is 10.7. The van der Waals surface area contributed by atoms with E-state index in [9.17, 15) is 4.79 Å². The van der Waals surface area contributed by atoms with Crippen LogP contribution in [0.4, 0.5) is 5.69 Å². The quantitative estimate of drug-likeness (QED) is 0.474. The first-order valence-corrected chi connectivity index (χ1v) is 10.8. The number of nitrogens with one attached hydrogen (secondary N) is 1. The number of ketones is 1. The minimum absolute atomic E-state index is 0.0498. The lowest BCUT2D eigenvalue weighted by atomic mass is 10.1. The summed E-state index contributed by atoms with van der Waals surface area (Å²) in [6, 6.07) is 13.1. The molecule has 3 rings (SSSR count).